The molecular formula is C13H17N3O5. The number of carboxylic acid groups (broad SMARTS) is 1. The van der Waals surface area contributed by atoms with E-state index in [0.29, 0.717) is 11.4 Å². The van der Waals surface area contributed by atoms with Gasteiger partial charge in [-0.25, -0.2) is 9.59 Å². The predicted octanol–water partition coefficient (Wildman–Crippen LogP) is 0.602. The van der Waals surface area contributed by atoms with Crippen molar-refractivity contribution in [3.05, 3.63) is 24.3 Å². The highest BCUT2D eigenvalue weighted by molar-refractivity contribution is 5.92. The maximum Gasteiger partial charge on any atom is 0.332 e. The lowest BCUT2D eigenvalue weighted by Crippen LogP contribution is -2.33. The number of aliphatic carboxylic acids is 1. The molecule has 114 valence electrons. The zero-order valence-corrected chi connectivity index (χ0v) is 11.4. The van der Waals surface area contributed by atoms with Gasteiger partial charge in [0, 0.05) is 31.3 Å². The van der Waals surface area contributed by atoms with Crippen LogP contribution in [0.25, 0.3) is 0 Å². The molecule has 21 heavy (non-hydrogen) atoms. The zero-order chi connectivity index (χ0) is 15.8. The standard InChI is InChI=1S/C13H17N3O5/c1-8(17)15-9-3-2-4-10(7-9)16-13(21)14-6-5-11(18)12(19)20/h2-4,7,11,18H,5-6H2,1H3,(H,15,17)(H,19,20)(H2,14,16,21). The molecule has 0 aliphatic carbocycles. The number of carboxylic acids is 1. The summed E-state index contributed by atoms with van der Waals surface area (Å²) >= 11 is 0. The lowest BCUT2D eigenvalue weighted by Gasteiger charge is -2.10. The first-order valence-electron chi connectivity index (χ1n) is 6.22. The number of aliphatic hydroxyl groups excluding tert-OH is 1. The van der Waals surface area contributed by atoms with E-state index in [9.17, 15) is 14.4 Å². The van der Waals surface area contributed by atoms with Gasteiger partial charge < -0.3 is 26.2 Å². The van der Waals surface area contributed by atoms with Crippen molar-refractivity contribution in [2.45, 2.75) is 19.4 Å². The molecule has 0 radical (unpaired) electrons. The number of carbonyl (C=O) groups is 3. The molecule has 1 rings (SSSR count). The lowest BCUT2D eigenvalue weighted by molar-refractivity contribution is -0.146. The van der Waals surface area contributed by atoms with E-state index in [0.717, 1.165) is 0 Å². The molecule has 0 spiro atoms. The van der Waals surface area contributed by atoms with Gasteiger partial charge in [0.25, 0.3) is 0 Å². The minimum atomic E-state index is -1.51. The van der Waals surface area contributed by atoms with E-state index in [4.69, 9.17) is 10.2 Å². The van der Waals surface area contributed by atoms with Crippen LogP contribution in [0, 0.1) is 0 Å². The van der Waals surface area contributed by atoms with Crippen LogP contribution >= 0.6 is 0 Å². The zero-order valence-electron chi connectivity index (χ0n) is 11.4. The number of benzene rings is 1. The van der Waals surface area contributed by atoms with Gasteiger partial charge in [-0.15, -0.1) is 0 Å². The first-order valence-corrected chi connectivity index (χ1v) is 6.22. The lowest BCUT2D eigenvalue weighted by atomic mass is 10.2. The number of rotatable bonds is 6. The van der Waals surface area contributed by atoms with E-state index in [1.54, 1.807) is 24.3 Å². The number of hydrogen-bond acceptors (Lipinski definition) is 4. The smallest absolute Gasteiger partial charge is 0.332 e. The maximum atomic E-state index is 11.6. The van der Waals surface area contributed by atoms with Gasteiger partial charge in [0.05, 0.1) is 0 Å². The normalized spacial score (nSPS) is 11.3. The maximum absolute atomic E-state index is 11.6. The fourth-order valence-electron chi connectivity index (χ4n) is 1.50. The summed E-state index contributed by atoms with van der Waals surface area (Å²) in [5, 5.41) is 25.0. The van der Waals surface area contributed by atoms with E-state index in [2.05, 4.69) is 16.0 Å². The number of amides is 3. The van der Waals surface area contributed by atoms with Crippen LogP contribution in [0.2, 0.25) is 0 Å². The SMILES string of the molecule is CC(=O)Nc1cccc(NC(=O)NCCC(O)C(=O)O)c1. The summed E-state index contributed by atoms with van der Waals surface area (Å²) in [7, 11) is 0. The Balaban J connectivity index is 2.44. The van der Waals surface area contributed by atoms with Crippen LogP contribution in [0.15, 0.2) is 24.3 Å². The molecule has 1 atom stereocenters. The Labute approximate surface area is 121 Å². The Bertz CT molecular complexity index is 532. The first-order chi connectivity index (χ1) is 9.88. The average Bonchev–Trinajstić information content (AvgIpc) is 2.37. The molecule has 0 saturated heterocycles. The van der Waals surface area contributed by atoms with Crippen LogP contribution in [-0.4, -0.2) is 40.8 Å². The number of aliphatic hydroxyl groups is 1. The monoisotopic (exact) mass is 295 g/mol. The average molecular weight is 295 g/mol. The largest absolute Gasteiger partial charge is 0.479 e. The quantitative estimate of drug-likeness (QED) is 0.525. The molecule has 0 bridgehead atoms. The molecule has 0 aromatic heterocycles. The van der Waals surface area contributed by atoms with Gasteiger partial charge in [-0.2, -0.15) is 0 Å². The summed E-state index contributed by atoms with van der Waals surface area (Å²) in [5.74, 6) is -1.56. The number of anilines is 2. The molecule has 0 aliphatic heterocycles. The summed E-state index contributed by atoms with van der Waals surface area (Å²) < 4.78 is 0. The van der Waals surface area contributed by atoms with E-state index >= 15 is 0 Å². The van der Waals surface area contributed by atoms with Crippen molar-refractivity contribution in [1.29, 1.82) is 0 Å². The topological polar surface area (TPSA) is 128 Å². The molecule has 8 nitrogen and oxygen atoms in total. The van der Waals surface area contributed by atoms with Crippen molar-refractivity contribution in [2.24, 2.45) is 0 Å². The molecule has 1 aromatic rings. The number of urea groups is 1. The van der Waals surface area contributed by atoms with Crippen LogP contribution in [-0.2, 0) is 9.59 Å². The molecule has 8 heteroatoms. The third-order valence-corrected chi connectivity index (χ3v) is 2.43. The predicted molar refractivity (Wildman–Crippen MR) is 76.0 cm³/mol. The number of nitrogens with one attached hydrogen (secondary N) is 3. The second kappa shape index (κ2) is 7.85. The van der Waals surface area contributed by atoms with Crippen LogP contribution in [0.1, 0.15) is 13.3 Å². The van der Waals surface area contributed by atoms with Gasteiger partial charge in [0.1, 0.15) is 0 Å². The van der Waals surface area contributed by atoms with Crippen LogP contribution in [0.3, 0.4) is 0 Å². The van der Waals surface area contributed by atoms with Crippen LogP contribution in [0.4, 0.5) is 16.2 Å². The molecule has 1 unspecified atom stereocenters. The summed E-state index contributed by atoms with van der Waals surface area (Å²) in [6, 6.07) is 6.01. The molecule has 5 N–H and O–H groups in total. The third kappa shape index (κ3) is 6.39. The van der Waals surface area contributed by atoms with Gasteiger partial charge in [0.15, 0.2) is 6.10 Å². The van der Waals surface area contributed by atoms with E-state index in [-0.39, 0.29) is 18.9 Å². The first kappa shape index (κ1) is 16.4. The van der Waals surface area contributed by atoms with E-state index in [1.165, 1.54) is 6.92 Å². The van der Waals surface area contributed by atoms with Gasteiger partial charge in [-0.05, 0) is 18.2 Å². The van der Waals surface area contributed by atoms with Gasteiger partial charge in [-0.3, -0.25) is 4.79 Å². The fourth-order valence-corrected chi connectivity index (χ4v) is 1.50. The van der Waals surface area contributed by atoms with Crippen LogP contribution < -0.4 is 16.0 Å². The Morgan fingerprint density at radius 3 is 2.38 bits per heavy atom. The van der Waals surface area contributed by atoms with Crippen molar-refractivity contribution >= 4 is 29.3 Å². The third-order valence-electron chi connectivity index (χ3n) is 2.43. The number of carbonyl (C=O) groups excluding carboxylic acids is 2. The molecule has 1 aromatic carbocycles. The minimum Gasteiger partial charge on any atom is -0.479 e. The van der Waals surface area contributed by atoms with Crippen molar-refractivity contribution in [1.82, 2.24) is 5.32 Å². The van der Waals surface area contributed by atoms with Gasteiger partial charge in [0.2, 0.25) is 5.91 Å². The van der Waals surface area contributed by atoms with Gasteiger partial charge in [-0.1, -0.05) is 6.07 Å². The van der Waals surface area contributed by atoms with E-state index < -0.39 is 18.1 Å². The summed E-state index contributed by atoms with van der Waals surface area (Å²) in [4.78, 5) is 32.9. The van der Waals surface area contributed by atoms with Gasteiger partial charge >= 0.3 is 12.0 Å². The Kier molecular flexibility index (Phi) is 6.15. The van der Waals surface area contributed by atoms with Crippen molar-refractivity contribution in [2.75, 3.05) is 17.2 Å². The minimum absolute atomic E-state index is 0.0185. The molecule has 0 aliphatic rings. The fraction of sp³-hybridized carbons (Fsp3) is 0.308. The highest BCUT2D eigenvalue weighted by atomic mass is 16.4. The second-order valence-electron chi connectivity index (χ2n) is 4.29. The highest BCUT2D eigenvalue weighted by Crippen LogP contribution is 2.14. The van der Waals surface area contributed by atoms with Crippen molar-refractivity contribution in [3.8, 4) is 0 Å². The molecule has 0 fully saturated rings. The molecule has 3 amide bonds. The summed E-state index contributed by atoms with van der Waals surface area (Å²) in [6.07, 6.45) is -1.59. The van der Waals surface area contributed by atoms with Crippen LogP contribution in [0.5, 0.6) is 0 Å². The molecular weight excluding hydrogens is 278 g/mol. The summed E-state index contributed by atoms with van der Waals surface area (Å²) in [6.45, 7) is 1.39. The number of hydrogen-bond donors (Lipinski definition) is 5. The van der Waals surface area contributed by atoms with Crippen molar-refractivity contribution < 1.29 is 24.6 Å². The second-order valence-corrected chi connectivity index (χ2v) is 4.29. The summed E-state index contributed by atoms with van der Waals surface area (Å²) in [5.41, 5.74) is 1.01. The highest BCUT2D eigenvalue weighted by Gasteiger charge is 2.12. The van der Waals surface area contributed by atoms with E-state index in [1.807, 2.05) is 0 Å². The Hall–Kier alpha value is -2.61. The Morgan fingerprint density at radius 1 is 1.19 bits per heavy atom. The molecule has 0 saturated carbocycles. The molecule has 0 heterocycles. The Morgan fingerprint density at radius 2 is 1.81 bits per heavy atom. The van der Waals surface area contributed by atoms with Crippen molar-refractivity contribution in [3.63, 3.8) is 0 Å².